The van der Waals surface area contributed by atoms with E-state index in [1.165, 1.54) is 11.3 Å². The van der Waals surface area contributed by atoms with Crippen molar-refractivity contribution in [2.45, 2.75) is 24.9 Å². The molecular weight excluding hydrogens is 328 g/mol. The minimum atomic E-state index is -3.51. The fourth-order valence-corrected chi connectivity index (χ4v) is 3.98. The first kappa shape index (κ1) is 16.5. The average Bonchev–Trinajstić information content (AvgIpc) is 2.89. The third-order valence-electron chi connectivity index (χ3n) is 2.85. The van der Waals surface area contributed by atoms with Crippen molar-refractivity contribution in [3.63, 3.8) is 0 Å². The number of rotatable bonds is 7. The van der Waals surface area contributed by atoms with Crippen LogP contribution in [0.3, 0.4) is 0 Å². The van der Waals surface area contributed by atoms with E-state index in [1.807, 2.05) is 19.1 Å². The molecule has 1 aromatic heterocycles. The van der Waals surface area contributed by atoms with Gasteiger partial charge in [-0.1, -0.05) is 30.7 Å². The summed E-state index contributed by atoms with van der Waals surface area (Å²) in [6.45, 7) is 3.75. The quantitative estimate of drug-likeness (QED) is 0.811. The van der Waals surface area contributed by atoms with Gasteiger partial charge in [0, 0.05) is 18.0 Å². The molecular formula is C14H17ClN2O2S2. The van der Waals surface area contributed by atoms with Crippen molar-refractivity contribution in [2.75, 3.05) is 6.54 Å². The van der Waals surface area contributed by atoms with Gasteiger partial charge in [-0.25, -0.2) is 13.1 Å². The third-order valence-corrected chi connectivity index (χ3v) is 5.48. The van der Waals surface area contributed by atoms with E-state index in [1.54, 1.807) is 24.3 Å². The van der Waals surface area contributed by atoms with E-state index in [-0.39, 0.29) is 11.4 Å². The molecule has 114 valence electrons. The monoisotopic (exact) mass is 344 g/mol. The number of halogens is 1. The van der Waals surface area contributed by atoms with Crippen LogP contribution in [0.5, 0.6) is 0 Å². The van der Waals surface area contributed by atoms with Gasteiger partial charge in [-0.05, 0) is 36.4 Å². The Morgan fingerprint density at radius 1 is 1.19 bits per heavy atom. The lowest BCUT2D eigenvalue weighted by Gasteiger charge is -2.08. The molecule has 0 unspecified atom stereocenters. The van der Waals surface area contributed by atoms with Gasteiger partial charge in [0.15, 0.2) is 0 Å². The molecule has 2 aromatic rings. The van der Waals surface area contributed by atoms with Crippen molar-refractivity contribution in [2.24, 2.45) is 0 Å². The van der Waals surface area contributed by atoms with Crippen LogP contribution in [0.25, 0.3) is 0 Å². The smallest absolute Gasteiger partial charge is 0.240 e. The second-order valence-corrected chi connectivity index (χ2v) is 8.02. The summed E-state index contributed by atoms with van der Waals surface area (Å²) < 4.78 is 27.8. The Bertz CT molecular complexity index is 699. The normalized spacial score (nSPS) is 11.7. The van der Waals surface area contributed by atoms with E-state index in [9.17, 15) is 8.42 Å². The zero-order valence-corrected chi connectivity index (χ0v) is 14.0. The zero-order chi connectivity index (χ0) is 15.3. The fourth-order valence-electron chi connectivity index (χ4n) is 1.79. The number of benzene rings is 1. The fraction of sp³-hybridized carbons (Fsp3) is 0.286. The predicted octanol–water partition coefficient (Wildman–Crippen LogP) is 2.99. The highest BCUT2D eigenvalue weighted by Gasteiger charge is 2.14. The highest BCUT2D eigenvalue weighted by molar-refractivity contribution is 7.89. The molecule has 0 saturated carbocycles. The Kier molecular flexibility index (Phi) is 5.78. The predicted molar refractivity (Wildman–Crippen MR) is 87.2 cm³/mol. The molecule has 0 atom stereocenters. The summed E-state index contributed by atoms with van der Waals surface area (Å²) in [7, 11) is -3.51. The number of thiophene rings is 1. The lowest BCUT2D eigenvalue weighted by Crippen LogP contribution is -2.23. The van der Waals surface area contributed by atoms with Crippen molar-refractivity contribution in [1.29, 1.82) is 0 Å². The molecule has 7 heteroatoms. The minimum absolute atomic E-state index is 0.247. The second-order valence-electron chi connectivity index (χ2n) is 4.46. The molecule has 2 N–H and O–H groups in total. The topological polar surface area (TPSA) is 58.2 Å². The van der Waals surface area contributed by atoms with E-state index in [0.29, 0.717) is 10.9 Å². The van der Waals surface area contributed by atoms with Gasteiger partial charge in [-0.15, -0.1) is 11.3 Å². The van der Waals surface area contributed by atoms with Crippen LogP contribution in [0.4, 0.5) is 0 Å². The summed E-state index contributed by atoms with van der Waals surface area (Å²) in [5.41, 5.74) is 0.943. The van der Waals surface area contributed by atoms with Crippen molar-refractivity contribution < 1.29 is 8.42 Å². The molecule has 1 heterocycles. The molecule has 21 heavy (non-hydrogen) atoms. The molecule has 0 aliphatic heterocycles. The lowest BCUT2D eigenvalue weighted by atomic mass is 10.2. The van der Waals surface area contributed by atoms with Crippen LogP contribution in [-0.2, 0) is 23.1 Å². The Balaban J connectivity index is 2.08. The maximum absolute atomic E-state index is 12.3. The Labute approximate surface area is 134 Å². The van der Waals surface area contributed by atoms with Crippen LogP contribution >= 0.6 is 22.9 Å². The summed E-state index contributed by atoms with van der Waals surface area (Å²) in [5, 5.41) is 3.18. The molecule has 0 aliphatic carbocycles. The van der Waals surface area contributed by atoms with E-state index in [4.69, 9.17) is 11.6 Å². The van der Waals surface area contributed by atoms with Crippen molar-refractivity contribution in [3.8, 4) is 0 Å². The molecule has 0 radical (unpaired) electrons. The SMILES string of the molecule is CCNCc1cccc(S(=O)(=O)NCc2ccc(Cl)s2)c1. The van der Waals surface area contributed by atoms with Gasteiger partial charge in [0.05, 0.1) is 9.23 Å². The third kappa shape index (κ3) is 4.79. The number of hydrogen-bond donors (Lipinski definition) is 2. The molecule has 0 fully saturated rings. The first-order valence-corrected chi connectivity index (χ1v) is 9.22. The van der Waals surface area contributed by atoms with E-state index in [0.717, 1.165) is 17.0 Å². The Morgan fingerprint density at radius 3 is 2.67 bits per heavy atom. The minimum Gasteiger partial charge on any atom is -0.313 e. The van der Waals surface area contributed by atoms with Gasteiger partial charge in [0.1, 0.15) is 0 Å². The largest absolute Gasteiger partial charge is 0.313 e. The average molecular weight is 345 g/mol. The van der Waals surface area contributed by atoms with E-state index >= 15 is 0 Å². The first-order valence-electron chi connectivity index (χ1n) is 6.55. The summed E-state index contributed by atoms with van der Waals surface area (Å²) in [5.74, 6) is 0. The Morgan fingerprint density at radius 2 is 2.00 bits per heavy atom. The molecule has 0 amide bonds. The van der Waals surface area contributed by atoms with Gasteiger partial charge >= 0.3 is 0 Å². The summed E-state index contributed by atoms with van der Waals surface area (Å²) in [4.78, 5) is 1.16. The maximum Gasteiger partial charge on any atom is 0.240 e. The molecule has 0 bridgehead atoms. The lowest BCUT2D eigenvalue weighted by molar-refractivity contribution is 0.581. The summed E-state index contributed by atoms with van der Waals surface area (Å²) >= 11 is 7.20. The van der Waals surface area contributed by atoms with Crippen molar-refractivity contribution >= 4 is 33.0 Å². The molecule has 2 rings (SSSR count). The number of nitrogens with one attached hydrogen (secondary N) is 2. The van der Waals surface area contributed by atoms with Gasteiger partial charge < -0.3 is 5.32 Å². The van der Waals surface area contributed by atoms with Crippen LogP contribution in [0.2, 0.25) is 4.34 Å². The van der Waals surface area contributed by atoms with E-state index < -0.39 is 10.0 Å². The van der Waals surface area contributed by atoms with Crippen molar-refractivity contribution in [3.05, 3.63) is 51.2 Å². The van der Waals surface area contributed by atoms with Crippen LogP contribution < -0.4 is 10.0 Å². The van der Waals surface area contributed by atoms with E-state index in [2.05, 4.69) is 10.0 Å². The summed E-state index contributed by atoms with van der Waals surface area (Å²) in [6.07, 6.45) is 0. The standard InChI is InChI=1S/C14H17ClN2O2S2/c1-2-16-9-11-4-3-5-13(8-11)21(18,19)17-10-12-6-7-14(15)20-12/h3-8,16-17H,2,9-10H2,1H3. The Hall–Kier alpha value is -0.920. The highest BCUT2D eigenvalue weighted by Crippen LogP contribution is 2.21. The van der Waals surface area contributed by atoms with Gasteiger partial charge in [0.25, 0.3) is 0 Å². The van der Waals surface area contributed by atoms with Crippen LogP contribution in [0.1, 0.15) is 17.4 Å². The van der Waals surface area contributed by atoms with Crippen LogP contribution in [-0.4, -0.2) is 15.0 Å². The molecule has 0 spiro atoms. The zero-order valence-electron chi connectivity index (χ0n) is 11.6. The maximum atomic E-state index is 12.3. The van der Waals surface area contributed by atoms with Gasteiger partial charge in [-0.2, -0.15) is 0 Å². The van der Waals surface area contributed by atoms with Crippen molar-refractivity contribution in [1.82, 2.24) is 10.0 Å². The number of sulfonamides is 1. The number of hydrogen-bond acceptors (Lipinski definition) is 4. The highest BCUT2D eigenvalue weighted by atomic mass is 35.5. The second kappa shape index (κ2) is 7.38. The van der Waals surface area contributed by atoms with Crippen LogP contribution in [0.15, 0.2) is 41.3 Å². The molecule has 0 saturated heterocycles. The molecule has 4 nitrogen and oxygen atoms in total. The summed E-state index contributed by atoms with van der Waals surface area (Å²) in [6, 6.07) is 10.5. The first-order chi connectivity index (χ1) is 10.0. The van der Waals surface area contributed by atoms with Crippen LogP contribution in [0, 0.1) is 0 Å². The molecule has 1 aromatic carbocycles. The van der Waals surface area contributed by atoms with Gasteiger partial charge in [0.2, 0.25) is 10.0 Å². The van der Waals surface area contributed by atoms with Gasteiger partial charge in [-0.3, -0.25) is 0 Å². The molecule has 0 aliphatic rings.